The highest BCUT2D eigenvalue weighted by Gasteiger charge is 2.15. The molecule has 0 spiro atoms. The highest BCUT2D eigenvalue weighted by Crippen LogP contribution is 2.19. The molecule has 0 saturated carbocycles. The second-order valence-corrected chi connectivity index (χ2v) is 6.87. The molecule has 7 nitrogen and oxygen atoms in total. The lowest BCUT2D eigenvalue weighted by Gasteiger charge is -2.10. The molecule has 4 rings (SSSR count). The molecule has 1 heterocycles. The van der Waals surface area contributed by atoms with Gasteiger partial charge in [0.05, 0.1) is 23.1 Å². The van der Waals surface area contributed by atoms with E-state index in [1.807, 2.05) is 55.5 Å². The zero-order valence-corrected chi connectivity index (χ0v) is 16.9. The quantitative estimate of drug-likeness (QED) is 0.428. The van der Waals surface area contributed by atoms with Gasteiger partial charge in [-0.25, -0.2) is 9.48 Å². The molecule has 0 aliphatic rings. The first kappa shape index (κ1) is 19.9. The van der Waals surface area contributed by atoms with E-state index in [1.165, 1.54) is 0 Å². The third-order valence-electron chi connectivity index (χ3n) is 4.67. The third-order valence-corrected chi connectivity index (χ3v) is 4.67. The Morgan fingerprint density at radius 2 is 1.32 bits per heavy atom. The number of urea groups is 1. The van der Waals surface area contributed by atoms with E-state index in [0.717, 1.165) is 11.4 Å². The fourth-order valence-electron chi connectivity index (χ4n) is 3.15. The molecule has 0 bridgehead atoms. The van der Waals surface area contributed by atoms with Crippen LogP contribution in [-0.2, 0) is 0 Å². The van der Waals surface area contributed by atoms with E-state index in [2.05, 4.69) is 21.0 Å². The lowest BCUT2D eigenvalue weighted by molar-refractivity contribution is 0.102. The smallest absolute Gasteiger partial charge is 0.322 e. The standard InChI is InChI=1S/C24H21N5O2/c1-17-22(16-25-29(17)21-13-6-3-7-14-21)23(30)26-19-11-8-12-20(15-19)28-24(31)27-18-9-4-2-5-10-18/h2-16H,1H3,(H,26,30)(H2,27,28,31). The van der Waals surface area contributed by atoms with E-state index in [4.69, 9.17) is 0 Å². The molecule has 0 unspecified atom stereocenters. The fourth-order valence-corrected chi connectivity index (χ4v) is 3.15. The van der Waals surface area contributed by atoms with Gasteiger partial charge in [0, 0.05) is 17.1 Å². The monoisotopic (exact) mass is 411 g/mol. The Kier molecular flexibility index (Phi) is 5.75. The molecule has 3 N–H and O–H groups in total. The molecule has 154 valence electrons. The maximum atomic E-state index is 12.8. The first-order chi connectivity index (χ1) is 15.1. The molecule has 4 aromatic rings. The van der Waals surface area contributed by atoms with Crippen molar-refractivity contribution in [1.82, 2.24) is 9.78 Å². The van der Waals surface area contributed by atoms with Gasteiger partial charge in [0.1, 0.15) is 0 Å². The van der Waals surface area contributed by atoms with Gasteiger partial charge in [-0.05, 0) is 49.4 Å². The Hall–Kier alpha value is -4.39. The van der Waals surface area contributed by atoms with Crippen LogP contribution in [0.2, 0.25) is 0 Å². The molecule has 31 heavy (non-hydrogen) atoms. The molecule has 0 atom stereocenters. The van der Waals surface area contributed by atoms with Crippen LogP contribution in [0.5, 0.6) is 0 Å². The molecule has 7 heteroatoms. The number of amides is 3. The first-order valence-corrected chi connectivity index (χ1v) is 9.75. The minimum Gasteiger partial charge on any atom is -0.322 e. The SMILES string of the molecule is Cc1c(C(=O)Nc2cccc(NC(=O)Nc3ccccc3)c2)cnn1-c1ccccc1. The van der Waals surface area contributed by atoms with E-state index in [-0.39, 0.29) is 11.9 Å². The van der Waals surface area contributed by atoms with Crippen LogP contribution < -0.4 is 16.0 Å². The Morgan fingerprint density at radius 1 is 0.742 bits per heavy atom. The summed E-state index contributed by atoms with van der Waals surface area (Å²) in [5.41, 5.74) is 3.91. The normalized spacial score (nSPS) is 10.4. The van der Waals surface area contributed by atoms with Gasteiger partial charge in [0.25, 0.3) is 5.91 Å². The van der Waals surface area contributed by atoms with Gasteiger partial charge in [0.15, 0.2) is 0 Å². The van der Waals surface area contributed by atoms with Gasteiger partial charge in [-0.2, -0.15) is 5.10 Å². The average Bonchev–Trinajstić information content (AvgIpc) is 3.16. The second kappa shape index (κ2) is 8.96. The van der Waals surface area contributed by atoms with Gasteiger partial charge < -0.3 is 16.0 Å². The summed E-state index contributed by atoms with van der Waals surface area (Å²) in [5.74, 6) is -0.273. The topological polar surface area (TPSA) is 88.1 Å². The third kappa shape index (κ3) is 4.79. The van der Waals surface area contributed by atoms with E-state index < -0.39 is 0 Å². The number of nitrogens with one attached hydrogen (secondary N) is 3. The largest absolute Gasteiger partial charge is 0.323 e. The molecule has 0 aliphatic heterocycles. The van der Waals surface area contributed by atoms with Crippen LogP contribution in [0.25, 0.3) is 5.69 Å². The highest BCUT2D eigenvalue weighted by atomic mass is 16.2. The number of para-hydroxylation sites is 2. The summed E-state index contributed by atoms with van der Waals surface area (Å²) in [6.45, 7) is 1.85. The molecule has 0 radical (unpaired) electrons. The molecule has 1 aromatic heterocycles. The summed E-state index contributed by atoms with van der Waals surface area (Å²) in [7, 11) is 0. The van der Waals surface area contributed by atoms with Gasteiger partial charge >= 0.3 is 6.03 Å². The van der Waals surface area contributed by atoms with E-state index in [9.17, 15) is 9.59 Å². The van der Waals surface area contributed by atoms with Crippen molar-refractivity contribution in [3.63, 3.8) is 0 Å². The van der Waals surface area contributed by atoms with Crippen LogP contribution in [-0.4, -0.2) is 21.7 Å². The summed E-state index contributed by atoms with van der Waals surface area (Å²) < 4.78 is 1.72. The molecule has 0 aliphatic carbocycles. The van der Waals surface area contributed by atoms with Crippen LogP contribution in [0.1, 0.15) is 16.1 Å². The Bertz CT molecular complexity index is 1200. The van der Waals surface area contributed by atoms with Crippen LogP contribution in [0.3, 0.4) is 0 Å². The van der Waals surface area contributed by atoms with Crippen LogP contribution in [0.4, 0.5) is 21.9 Å². The lowest BCUT2D eigenvalue weighted by Crippen LogP contribution is -2.19. The van der Waals surface area contributed by atoms with Crippen LogP contribution in [0, 0.1) is 6.92 Å². The number of aromatic nitrogens is 2. The summed E-state index contributed by atoms with van der Waals surface area (Å²) in [5, 5.41) is 12.7. The maximum Gasteiger partial charge on any atom is 0.323 e. The predicted octanol–water partition coefficient (Wildman–Crippen LogP) is 5.08. The van der Waals surface area contributed by atoms with Gasteiger partial charge in [0.2, 0.25) is 0 Å². The van der Waals surface area contributed by atoms with E-state index >= 15 is 0 Å². The number of anilines is 3. The van der Waals surface area contributed by atoms with Crippen molar-refractivity contribution < 1.29 is 9.59 Å². The number of benzene rings is 3. The Morgan fingerprint density at radius 3 is 2.03 bits per heavy atom. The van der Waals surface area contributed by atoms with E-state index in [1.54, 1.807) is 47.3 Å². The van der Waals surface area contributed by atoms with E-state index in [0.29, 0.717) is 22.6 Å². The lowest BCUT2D eigenvalue weighted by atomic mass is 10.2. The Labute approximate surface area is 179 Å². The number of hydrogen-bond donors (Lipinski definition) is 3. The fraction of sp³-hybridized carbons (Fsp3) is 0.0417. The van der Waals surface area contributed by atoms with Crippen molar-refractivity contribution in [2.45, 2.75) is 6.92 Å². The Balaban J connectivity index is 1.44. The van der Waals surface area contributed by atoms with Crippen LogP contribution >= 0.6 is 0 Å². The molecular weight excluding hydrogens is 390 g/mol. The molecule has 0 fully saturated rings. The van der Waals surface area contributed by atoms with Gasteiger partial charge in [-0.1, -0.05) is 42.5 Å². The number of nitrogens with zero attached hydrogens (tertiary/aromatic N) is 2. The zero-order chi connectivity index (χ0) is 21.6. The second-order valence-electron chi connectivity index (χ2n) is 6.87. The summed E-state index contributed by atoms with van der Waals surface area (Å²) in [6, 6.07) is 25.4. The summed E-state index contributed by atoms with van der Waals surface area (Å²) in [6.07, 6.45) is 1.55. The summed E-state index contributed by atoms with van der Waals surface area (Å²) >= 11 is 0. The van der Waals surface area contributed by atoms with Crippen molar-refractivity contribution in [1.29, 1.82) is 0 Å². The van der Waals surface area contributed by atoms with Crippen molar-refractivity contribution in [2.75, 3.05) is 16.0 Å². The summed E-state index contributed by atoms with van der Waals surface area (Å²) in [4.78, 5) is 25.0. The predicted molar refractivity (Wildman–Crippen MR) is 122 cm³/mol. The number of carbonyl (C=O) groups is 2. The van der Waals surface area contributed by atoms with Crippen molar-refractivity contribution >= 4 is 29.0 Å². The highest BCUT2D eigenvalue weighted by molar-refractivity contribution is 6.05. The molecule has 0 saturated heterocycles. The van der Waals surface area contributed by atoms with Crippen molar-refractivity contribution in [2.24, 2.45) is 0 Å². The average molecular weight is 411 g/mol. The number of carbonyl (C=O) groups excluding carboxylic acids is 2. The number of rotatable bonds is 5. The van der Waals surface area contributed by atoms with Crippen LogP contribution in [0.15, 0.2) is 91.1 Å². The van der Waals surface area contributed by atoms with Gasteiger partial charge in [-0.3, -0.25) is 4.79 Å². The zero-order valence-electron chi connectivity index (χ0n) is 16.9. The minimum absolute atomic E-state index is 0.273. The molecule has 3 amide bonds. The van der Waals surface area contributed by atoms with Crippen molar-refractivity contribution in [3.8, 4) is 5.69 Å². The maximum absolute atomic E-state index is 12.8. The number of hydrogen-bond acceptors (Lipinski definition) is 3. The molecular formula is C24H21N5O2. The van der Waals surface area contributed by atoms with Crippen molar-refractivity contribution in [3.05, 3.63) is 102 Å². The first-order valence-electron chi connectivity index (χ1n) is 9.75. The molecule has 3 aromatic carbocycles. The minimum atomic E-state index is -0.366. The van der Waals surface area contributed by atoms with Gasteiger partial charge in [-0.15, -0.1) is 0 Å².